The molecule has 2 rings (SSSR count). The summed E-state index contributed by atoms with van der Waals surface area (Å²) < 4.78 is 16.2. The summed E-state index contributed by atoms with van der Waals surface area (Å²) in [5.41, 5.74) is 0. The number of nitrogens with one attached hydrogen (secondary N) is 1. The summed E-state index contributed by atoms with van der Waals surface area (Å²) in [6.07, 6.45) is 0.00990. The van der Waals surface area contributed by atoms with Gasteiger partial charge in [0.25, 0.3) is 0 Å². The Hall–Kier alpha value is -1.67. The molecule has 1 aliphatic rings. The Kier molecular flexibility index (Phi) is 4.91. The van der Waals surface area contributed by atoms with E-state index in [0.717, 1.165) is 0 Å². The number of nitrogens with zero attached hydrogens (tertiary/aromatic N) is 4. The van der Waals surface area contributed by atoms with Gasteiger partial charge in [0, 0.05) is 34.4 Å². The molecule has 8 heteroatoms. The topological polar surface area (TPSA) is 81.6 Å². The van der Waals surface area contributed by atoms with Crippen LogP contribution in [0.25, 0.3) is 0 Å². The van der Waals surface area contributed by atoms with Crippen LogP contribution in [0.3, 0.4) is 0 Å². The predicted octanol–water partition coefficient (Wildman–Crippen LogP) is 0.162. The van der Waals surface area contributed by atoms with Gasteiger partial charge in [-0.3, -0.25) is 0 Å². The molecular formula is C12H21N5O3. The second-order valence-corrected chi connectivity index (χ2v) is 4.38. The van der Waals surface area contributed by atoms with Crippen molar-refractivity contribution in [2.24, 2.45) is 0 Å². The molecule has 1 fully saturated rings. The predicted molar refractivity (Wildman–Crippen MR) is 74.3 cm³/mol. The first-order valence-electron chi connectivity index (χ1n) is 6.59. The summed E-state index contributed by atoms with van der Waals surface area (Å²) in [6, 6.07) is 0.316. The van der Waals surface area contributed by atoms with Crippen molar-refractivity contribution in [3.63, 3.8) is 0 Å². The molecule has 1 aromatic heterocycles. The van der Waals surface area contributed by atoms with Gasteiger partial charge in [0.1, 0.15) is 12.2 Å². The quantitative estimate of drug-likeness (QED) is 0.791. The van der Waals surface area contributed by atoms with Crippen LogP contribution in [-0.4, -0.2) is 68.1 Å². The second kappa shape index (κ2) is 6.67. The Bertz CT molecular complexity index is 433. The minimum absolute atomic E-state index is 0.00495. The lowest BCUT2D eigenvalue weighted by molar-refractivity contribution is -0.00461. The fourth-order valence-electron chi connectivity index (χ4n) is 2.15. The van der Waals surface area contributed by atoms with Crippen LogP contribution in [0.4, 0.5) is 11.9 Å². The fraction of sp³-hybridized carbons (Fsp3) is 0.750. The molecule has 1 aromatic rings. The molecule has 0 spiro atoms. The zero-order valence-corrected chi connectivity index (χ0v) is 12.3. The Labute approximate surface area is 118 Å². The molecule has 0 amide bonds. The third kappa shape index (κ3) is 3.07. The molecule has 2 unspecified atom stereocenters. The lowest BCUT2D eigenvalue weighted by atomic mass is 10.3. The third-order valence-corrected chi connectivity index (χ3v) is 3.20. The van der Waals surface area contributed by atoms with Crippen LogP contribution in [0.2, 0.25) is 0 Å². The van der Waals surface area contributed by atoms with Crippen molar-refractivity contribution in [3.8, 4) is 6.01 Å². The van der Waals surface area contributed by atoms with Crippen molar-refractivity contribution in [3.05, 3.63) is 0 Å². The zero-order valence-electron chi connectivity index (χ0n) is 12.3. The van der Waals surface area contributed by atoms with E-state index in [-0.39, 0.29) is 12.2 Å². The molecule has 2 atom stereocenters. The van der Waals surface area contributed by atoms with E-state index in [0.29, 0.717) is 37.6 Å². The molecule has 1 N–H and O–H groups in total. The first-order valence-corrected chi connectivity index (χ1v) is 6.59. The van der Waals surface area contributed by atoms with Crippen LogP contribution >= 0.6 is 0 Å². The Morgan fingerprint density at radius 2 is 1.80 bits per heavy atom. The number of hydrogen-bond donors (Lipinski definition) is 1. The first kappa shape index (κ1) is 14.7. The normalized spacial score (nSPS) is 22.1. The van der Waals surface area contributed by atoms with E-state index < -0.39 is 0 Å². The maximum absolute atomic E-state index is 5.42. The second-order valence-electron chi connectivity index (χ2n) is 4.38. The summed E-state index contributed by atoms with van der Waals surface area (Å²) >= 11 is 0. The van der Waals surface area contributed by atoms with Crippen LogP contribution in [0, 0.1) is 0 Å². The van der Waals surface area contributed by atoms with Crippen molar-refractivity contribution in [1.29, 1.82) is 0 Å². The molecule has 112 valence electrons. The summed E-state index contributed by atoms with van der Waals surface area (Å²) in [5.74, 6) is 1.04. The van der Waals surface area contributed by atoms with Crippen molar-refractivity contribution < 1.29 is 14.2 Å². The van der Waals surface area contributed by atoms with Gasteiger partial charge < -0.3 is 24.4 Å². The summed E-state index contributed by atoms with van der Waals surface area (Å²) in [4.78, 5) is 14.8. The molecule has 0 aliphatic carbocycles. The average molecular weight is 283 g/mol. The van der Waals surface area contributed by atoms with Gasteiger partial charge in [-0.25, -0.2) is 0 Å². The highest BCUT2D eigenvalue weighted by molar-refractivity contribution is 5.39. The molecular weight excluding hydrogens is 262 g/mol. The van der Waals surface area contributed by atoms with E-state index in [1.54, 1.807) is 21.3 Å². The van der Waals surface area contributed by atoms with Gasteiger partial charge in [-0.1, -0.05) is 0 Å². The molecule has 20 heavy (non-hydrogen) atoms. The SMILES string of the molecule is CCOc1nc(NC)nc(N2CC(OC)C(OC)C2)n1. The van der Waals surface area contributed by atoms with Gasteiger partial charge >= 0.3 is 6.01 Å². The molecule has 1 saturated heterocycles. The van der Waals surface area contributed by atoms with E-state index >= 15 is 0 Å². The third-order valence-electron chi connectivity index (χ3n) is 3.20. The van der Waals surface area contributed by atoms with Gasteiger partial charge in [0.15, 0.2) is 0 Å². The first-order chi connectivity index (χ1) is 9.71. The molecule has 0 aromatic carbocycles. The Morgan fingerprint density at radius 3 is 2.30 bits per heavy atom. The highest BCUT2D eigenvalue weighted by atomic mass is 16.5. The standard InChI is InChI=1S/C12H21N5O3/c1-5-20-12-15-10(13-2)14-11(16-12)17-6-8(18-3)9(7-17)19-4/h8-9H,5-7H2,1-4H3,(H,13,14,15,16). The largest absolute Gasteiger partial charge is 0.464 e. The average Bonchev–Trinajstić information content (AvgIpc) is 2.90. The zero-order chi connectivity index (χ0) is 14.5. The van der Waals surface area contributed by atoms with Crippen LogP contribution < -0.4 is 15.0 Å². The summed E-state index contributed by atoms with van der Waals surface area (Å²) in [7, 11) is 5.12. The van der Waals surface area contributed by atoms with Crippen LogP contribution in [-0.2, 0) is 9.47 Å². The molecule has 0 bridgehead atoms. The van der Waals surface area contributed by atoms with E-state index in [4.69, 9.17) is 14.2 Å². The number of methoxy groups -OCH3 is 2. The molecule has 1 aliphatic heterocycles. The minimum Gasteiger partial charge on any atom is -0.464 e. The van der Waals surface area contributed by atoms with E-state index in [1.807, 2.05) is 11.8 Å². The maximum atomic E-state index is 5.42. The van der Waals surface area contributed by atoms with Crippen LogP contribution in [0.5, 0.6) is 6.01 Å². The minimum atomic E-state index is 0.00495. The van der Waals surface area contributed by atoms with Crippen LogP contribution in [0.1, 0.15) is 6.92 Å². The number of ether oxygens (including phenoxy) is 3. The number of hydrogen-bond acceptors (Lipinski definition) is 8. The number of aromatic nitrogens is 3. The van der Waals surface area contributed by atoms with E-state index in [1.165, 1.54) is 0 Å². The highest BCUT2D eigenvalue weighted by Crippen LogP contribution is 2.22. The van der Waals surface area contributed by atoms with Crippen molar-refractivity contribution >= 4 is 11.9 Å². The smallest absolute Gasteiger partial charge is 0.323 e. The van der Waals surface area contributed by atoms with E-state index in [2.05, 4.69) is 20.3 Å². The van der Waals surface area contributed by atoms with Crippen molar-refractivity contribution in [2.75, 3.05) is 51.2 Å². The monoisotopic (exact) mass is 283 g/mol. The van der Waals surface area contributed by atoms with Gasteiger partial charge in [-0.2, -0.15) is 15.0 Å². The van der Waals surface area contributed by atoms with Gasteiger partial charge in [-0.05, 0) is 6.92 Å². The molecule has 8 nitrogen and oxygen atoms in total. The van der Waals surface area contributed by atoms with Gasteiger partial charge in [0.05, 0.1) is 6.61 Å². The maximum Gasteiger partial charge on any atom is 0.323 e. The van der Waals surface area contributed by atoms with Gasteiger partial charge in [0.2, 0.25) is 11.9 Å². The fourth-order valence-corrected chi connectivity index (χ4v) is 2.15. The highest BCUT2D eigenvalue weighted by Gasteiger charge is 2.34. The van der Waals surface area contributed by atoms with Crippen LogP contribution in [0.15, 0.2) is 0 Å². The lowest BCUT2D eigenvalue weighted by Crippen LogP contribution is -2.27. The number of anilines is 2. The molecule has 0 saturated carbocycles. The van der Waals surface area contributed by atoms with Gasteiger partial charge in [-0.15, -0.1) is 0 Å². The Balaban J connectivity index is 2.21. The van der Waals surface area contributed by atoms with Crippen molar-refractivity contribution in [2.45, 2.75) is 19.1 Å². The summed E-state index contributed by atoms with van der Waals surface area (Å²) in [6.45, 7) is 3.75. The van der Waals surface area contributed by atoms with E-state index in [9.17, 15) is 0 Å². The van der Waals surface area contributed by atoms with Crippen molar-refractivity contribution in [1.82, 2.24) is 15.0 Å². The molecule has 2 heterocycles. The number of rotatable bonds is 6. The Morgan fingerprint density at radius 1 is 1.15 bits per heavy atom. The molecule has 0 radical (unpaired) electrons. The lowest BCUT2D eigenvalue weighted by Gasteiger charge is -2.16. The summed E-state index contributed by atoms with van der Waals surface area (Å²) in [5, 5.41) is 2.91.